The molecule has 12 heteroatoms. The van der Waals surface area contributed by atoms with E-state index in [0.29, 0.717) is 26.2 Å². The number of aliphatic hydroxyl groups excluding tert-OH is 2. The van der Waals surface area contributed by atoms with Gasteiger partial charge in [0, 0.05) is 76.8 Å². The molecule has 2 aliphatic rings. The van der Waals surface area contributed by atoms with Crippen LogP contribution in [0.1, 0.15) is 40.8 Å². The van der Waals surface area contributed by atoms with E-state index in [1.165, 1.54) is 33.0 Å². The second kappa shape index (κ2) is 20.2. The third-order valence-corrected chi connectivity index (χ3v) is 14.6. The van der Waals surface area contributed by atoms with E-state index < -0.39 is 12.2 Å². The van der Waals surface area contributed by atoms with E-state index in [4.69, 9.17) is 0 Å². The zero-order valence-corrected chi connectivity index (χ0v) is 39.9. The molecule has 0 bridgehead atoms. The molecule has 2 unspecified atom stereocenters. The predicted molar refractivity (Wildman–Crippen MR) is 286 cm³/mol. The molecule has 0 saturated carbocycles. The predicted octanol–water partition coefficient (Wildman–Crippen LogP) is 8.16. The lowest BCUT2D eigenvalue weighted by molar-refractivity contribution is 0.0915. The Labute approximate surface area is 414 Å². The van der Waals surface area contributed by atoms with Crippen LogP contribution >= 0.6 is 0 Å². The number of aryl methyl sites for hydroxylation is 2. The highest BCUT2D eigenvalue weighted by molar-refractivity contribution is 5.82. The second-order valence-electron chi connectivity index (χ2n) is 19.4. The van der Waals surface area contributed by atoms with Crippen LogP contribution in [0.15, 0.2) is 168 Å². The van der Waals surface area contributed by atoms with Crippen LogP contribution in [0.25, 0.3) is 43.9 Å². The van der Waals surface area contributed by atoms with Gasteiger partial charge >= 0.3 is 11.4 Å². The first-order valence-corrected chi connectivity index (χ1v) is 24.5. The van der Waals surface area contributed by atoms with Gasteiger partial charge in [0.2, 0.25) is 0 Å². The number of aliphatic hydroxyl groups is 2. The van der Waals surface area contributed by atoms with Crippen molar-refractivity contribution in [3.05, 3.63) is 212 Å². The Balaban J connectivity index is 0.000000162. The molecule has 2 N–H and O–H groups in total. The molecule has 6 heterocycles. The summed E-state index contributed by atoms with van der Waals surface area (Å²) in [6.45, 7) is 6.16. The van der Waals surface area contributed by atoms with Crippen LogP contribution in [0.5, 0.6) is 0 Å². The van der Waals surface area contributed by atoms with Crippen molar-refractivity contribution >= 4 is 43.9 Å². The molecule has 2 atom stereocenters. The largest absolute Gasteiger partial charge is 0.390 e. The van der Waals surface area contributed by atoms with Crippen LogP contribution in [0.3, 0.4) is 0 Å². The Bertz CT molecular complexity index is 3390. The molecule has 2 aliphatic heterocycles. The van der Waals surface area contributed by atoms with Gasteiger partial charge < -0.3 is 19.3 Å². The van der Waals surface area contributed by atoms with E-state index in [2.05, 4.69) is 128 Å². The summed E-state index contributed by atoms with van der Waals surface area (Å²) in [5.41, 5.74) is 13.3. The third-order valence-electron chi connectivity index (χ3n) is 14.6. The minimum Gasteiger partial charge on any atom is -0.390 e. The molecule has 71 heavy (non-hydrogen) atoms. The fourth-order valence-corrected chi connectivity index (χ4v) is 10.9. The minimum absolute atomic E-state index is 0. The van der Waals surface area contributed by atoms with Crippen molar-refractivity contribution in [2.24, 2.45) is 14.1 Å². The van der Waals surface area contributed by atoms with Gasteiger partial charge in [-0.05, 0) is 106 Å². The van der Waals surface area contributed by atoms with Crippen molar-refractivity contribution in [1.29, 1.82) is 0 Å². The molecule has 6 aromatic carbocycles. The zero-order valence-electron chi connectivity index (χ0n) is 39.9. The van der Waals surface area contributed by atoms with Crippen molar-refractivity contribution in [2.75, 3.05) is 26.2 Å². The number of rotatable bonds is 12. The number of nitrogens with zero attached hydrogens (tertiary/aromatic N) is 8. The standard InChI is InChI=1S/2C29H30N4O2.CH4/c2*1-30-14-12-23-11-10-21(16-28(23)30)17-32-26-8-4-5-9-27(26)33(29(32)35)20-25(34)19-31-15-13-22-6-2-3-7-24(22)18-31;/h2*2-12,14,16,25,34H,13,15,17-20H2,1H3;1H4. The highest BCUT2D eigenvalue weighted by Crippen LogP contribution is 2.24. The van der Waals surface area contributed by atoms with Crippen LogP contribution in [-0.4, -0.2) is 85.8 Å². The number of para-hydroxylation sites is 4. The van der Waals surface area contributed by atoms with Gasteiger partial charge in [0.05, 0.1) is 60.5 Å². The van der Waals surface area contributed by atoms with Gasteiger partial charge in [0.15, 0.2) is 0 Å². The smallest absolute Gasteiger partial charge is 0.329 e. The molecule has 0 radical (unpaired) electrons. The van der Waals surface area contributed by atoms with E-state index in [1.807, 2.05) is 71.8 Å². The molecule has 0 fully saturated rings. The molecular formula is C59H64N8O4. The number of benzene rings is 6. The summed E-state index contributed by atoms with van der Waals surface area (Å²) < 4.78 is 11.3. The molecule has 12 nitrogen and oxygen atoms in total. The van der Waals surface area contributed by atoms with Crippen molar-refractivity contribution in [3.8, 4) is 0 Å². The van der Waals surface area contributed by atoms with Crippen LogP contribution in [0.4, 0.5) is 0 Å². The molecule has 12 rings (SSSR count). The maximum atomic E-state index is 13.6. The van der Waals surface area contributed by atoms with E-state index in [9.17, 15) is 19.8 Å². The van der Waals surface area contributed by atoms with E-state index >= 15 is 0 Å². The second-order valence-corrected chi connectivity index (χ2v) is 19.4. The fourth-order valence-electron chi connectivity index (χ4n) is 10.9. The SMILES string of the molecule is C.Cn1ccc2ccc(Cn3c(=O)n(CC(O)CN4CCc5ccccc5C4)c4ccccc43)cc21.Cn1ccc2ccc(Cn3c(=O)n(CC(O)CN4CCc5ccccc5C4)c4ccccc43)cc21. The lowest BCUT2D eigenvalue weighted by Crippen LogP contribution is -2.39. The number of imidazole rings is 2. The molecule has 0 amide bonds. The molecular weight excluding hydrogens is 885 g/mol. The number of β-amino-alcohol motifs (C(OH)–C–C–N with tert-alkyl or cyclic N) is 2. The molecule has 0 aliphatic carbocycles. The number of hydrogen-bond donors (Lipinski definition) is 2. The van der Waals surface area contributed by atoms with Gasteiger partial charge in [0.25, 0.3) is 0 Å². The van der Waals surface area contributed by atoms with E-state index in [-0.39, 0.29) is 31.9 Å². The third kappa shape index (κ3) is 9.68. The molecule has 364 valence electrons. The Morgan fingerprint density at radius 2 is 0.803 bits per heavy atom. The quantitative estimate of drug-likeness (QED) is 0.128. The summed E-state index contributed by atoms with van der Waals surface area (Å²) >= 11 is 0. The van der Waals surface area contributed by atoms with Crippen LogP contribution in [0, 0.1) is 0 Å². The minimum atomic E-state index is -0.628. The van der Waals surface area contributed by atoms with Crippen molar-refractivity contribution < 1.29 is 10.2 Å². The Kier molecular flexibility index (Phi) is 13.5. The highest BCUT2D eigenvalue weighted by atomic mass is 16.3. The van der Waals surface area contributed by atoms with Gasteiger partial charge in [0.1, 0.15) is 0 Å². The first-order chi connectivity index (χ1) is 34.1. The fraction of sp³-hybridized carbons (Fsp3) is 0.288. The number of fused-ring (bicyclic) bond motifs is 6. The summed E-state index contributed by atoms with van der Waals surface area (Å²) in [7, 11) is 4.07. The summed E-state index contributed by atoms with van der Waals surface area (Å²) in [5.74, 6) is 0. The summed E-state index contributed by atoms with van der Waals surface area (Å²) in [5, 5.41) is 24.4. The molecule has 4 aromatic heterocycles. The summed E-state index contributed by atoms with van der Waals surface area (Å²) in [6, 6.07) is 49.6. The van der Waals surface area contributed by atoms with E-state index in [0.717, 1.165) is 83.2 Å². The zero-order chi connectivity index (χ0) is 47.9. The van der Waals surface area contributed by atoms with Crippen LogP contribution < -0.4 is 11.4 Å². The van der Waals surface area contributed by atoms with Gasteiger partial charge in [-0.1, -0.05) is 104 Å². The Morgan fingerprint density at radius 1 is 0.437 bits per heavy atom. The Hall–Kier alpha value is -7.22. The van der Waals surface area contributed by atoms with Gasteiger partial charge in [-0.25, -0.2) is 9.59 Å². The molecule has 0 saturated heterocycles. The number of hydrogen-bond acceptors (Lipinski definition) is 6. The van der Waals surface area contributed by atoms with Gasteiger partial charge in [-0.3, -0.25) is 28.1 Å². The van der Waals surface area contributed by atoms with Crippen LogP contribution in [-0.2, 0) is 66.2 Å². The van der Waals surface area contributed by atoms with E-state index in [1.54, 1.807) is 9.13 Å². The van der Waals surface area contributed by atoms with Crippen molar-refractivity contribution in [3.63, 3.8) is 0 Å². The maximum absolute atomic E-state index is 13.6. The number of aromatic nitrogens is 6. The lowest BCUT2D eigenvalue weighted by atomic mass is 10.00. The average molecular weight is 949 g/mol. The molecule has 0 spiro atoms. The van der Waals surface area contributed by atoms with Crippen molar-refractivity contribution in [1.82, 2.24) is 37.2 Å². The summed E-state index contributed by atoms with van der Waals surface area (Å²) in [4.78, 5) is 31.7. The Morgan fingerprint density at radius 3 is 1.21 bits per heavy atom. The lowest BCUT2D eigenvalue weighted by Gasteiger charge is -2.30. The highest BCUT2D eigenvalue weighted by Gasteiger charge is 2.23. The first-order valence-electron chi connectivity index (χ1n) is 24.5. The normalized spacial score (nSPS) is 14.8. The molecule has 10 aromatic rings. The van der Waals surface area contributed by atoms with Crippen molar-refractivity contribution in [2.45, 2.75) is 71.7 Å². The van der Waals surface area contributed by atoms with Crippen LogP contribution in [0.2, 0.25) is 0 Å². The maximum Gasteiger partial charge on any atom is 0.329 e. The topological polar surface area (TPSA) is 111 Å². The average Bonchev–Trinajstić information content (AvgIpc) is 4.09. The monoisotopic (exact) mass is 949 g/mol. The van der Waals surface area contributed by atoms with Gasteiger partial charge in [-0.2, -0.15) is 0 Å². The van der Waals surface area contributed by atoms with Gasteiger partial charge in [-0.15, -0.1) is 0 Å². The summed E-state index contributed by atoms with van der Waals surface area (Å²) in [6.07, 6.45) is 4.83. The first kappa shape index (κ1) is 47.5.